The van der Waals surface area contributed by atoms with Crippen molar-refractivity contribution >= 4 is 35.0 Å². The van der Waals surface area contributed by atoms with Crippen LogP contribution in [0.5, 0.6) is 0 Å². The van der Waals surface area contributed by atoms with Crippen molar-refractivity contribution in [1.29, 1.82) is 0 Å². The van der Waals surface area contributed by atoms with E-state index in [4.69, 9.17) is 11.6 Å². The van der Waals surface area contributed by atoms with Gasteiger partial charge in [-0.3, -0.25) is 9.59 Å². The Morgan fingerprint density at radius 2 is 1.93 bits per heavy atom. The number of thioether (sulfide) groups is 1. The highest BCUT2D eigenvalue weighted by Crippen LogP contribution is 2.47. The number of nitrogens with zero attached hydrogens (tertiary/aromatic N) is 1. The maximum Gasteiger partial charge on any atom is 0.257 e. The number of aromatic amines is 1. The standard InChI is InChI=1S/C21H22ClN3O2S/c1-4-28-20-24-18-17(19(27)25-20)15(11-5-7-12(22)8-6-11)16-13(23-18)9-21(2,3)10-14(16)26/h5-9,15-16H,4,10H2,1-3H3,(H2,23,24,25,27)/t15-,16-/m0/s1. The van der Waals surface area contributed by atoms with Gasteiger partial charge in [0.1, 0.15) is 11.6 Å². The van der Waals surface area contributed by atoms with Crippen LogP contribution in [0.1, 0.15) is 44.2 Å². The third-order valence-corrected chi connectivity index (χ3v) is 6.22. The number of benzene rings is 1. The minimum Gasteiger partial charge on any atom is -0.343 e. The van der Waals surface area contributed by atoms with Gasteiger partial charge in [0.15, 0.2) is 5.16 Å². The molecule has 1 aromatic heterocycles. The van der Waals surface area contributed by atoms with E-state index >= 15 is 0 Å². The lowest BCUT2D eigenvalue weighted by atomic mass is 9.67. The fourth-order valence-corrected chi connectivity index (χ4v) is 4.88. The van der Waals surface area contributed by atoms with E-state index in [0.29, 0.717) is 28.0 Å². The molecule has 0 saturated heterocycles. The molecule has 0 bridgehead atoms. The first kappa shape index (κ1) is 19.3. The van der Waals surface area contributed by atoms with Gasteiger partial charge in [-0.25, -0.2) is 4.98 Å². The molecule has 0 fully saturated rings. The number of ketones is 1. The predicted octanol–water partition coefficient (Wildman–Crippen LogP) is 4.59. The summed E-state index contributed by atoms with van der Waals surface area (Å²) in [4.78, 5) is 33.7. The van der Waals surface area contributed by atoms with Gasteiger partial charge >= 0.3 is 0 Å². The van der Waals surface area contributed by atoms with Crippen molar-refractivity contribution in [2.75, 3.05) is 11.1 Å². The van der Waals surface area contributed by atoms with Crippen LogP contribution in [0.25, 0.3) is 0 Å². The minimum absolute atomic E-state index is 0.131. The van der Waals surface area contributed by atoms with Crippen molar-refractivity contribution in [1.82, 2.24) is 9.97 Å². The lowest BCUT2D eigenvalue weighted by Gasteiger charge is -2.40. The van der Waals surface area contributed by atoms with E-state index in [-0.39, 0.29) is 22.7 Å². The van der Waals surface area contributed by atoms with Crippen LogP contribution in [0, 0.1) is 11.3 Å². The van der Waals surface area contributed by atoms with E-state index in [9.17, 15) is 9.59 Å². The third kappa shape index (κ3) is 3.40. The summed E-state index contributed by atoms with van der Waals surface area (Å²) >= 11 is 7.55. The number of nitrogens with one attached hydrogen (secondary N) is 2. The smallest absolute Gasteiger partial charge is 0.257 e. The number of Topliss-reactive ketones (excluding diaryl/α,β-unsaturated/α-hetero) is 1. The van der Waals surface area contributed by atoms with Crippen LogP contribution in [0.2, 0.25) is 5.02 Å². The van der Waals surface area contributed by atoms with E-state index in [2.05, 4.69) is 21.4 Å². The largest absolute Gasteiger partial charge is 0.343 e. The molecule has 2 atom stereocenters. The molecule has 28 heavy (non-hydrogen) atoms. The molecule has 7 heteroatoms. The summed E-state index contributed by atoms with van der Waals surface area (Å²) in [5.74, 6) is 0.661. The molecule has 2 N–H and O–H groups in total. The summed E-state index contributed by atoms with van der Waals surface area (Å²) in [5.41, 5.74) is 1.79. The molecule has 5 nitrogen and oxygen atoms in total. The van der Waals surface area contributed by atoms with E-state index in [1.165, 1.54) is 11.8 Å². The van der Waals surface area contributed by atoms with Gasteiger partial charge in [-0.15, -0.1) is 0 Å². The van der Waals surface area contributed by atoms with Gasteiger partial charge in [-0.2, -0.15) is 0 Å². The zero-order valence-corrected chi connectivity index (χ0v) is 17.6. The van der Waals surface area contributed by atoms with Crippen molar-refractivity contribution in [2.24, 2.45) is 11.3 Å². The highest BCUT2D eigenvalue weighted by molar-refractivity contribution is 7.99. The number of H-pyrrole nitrogens is 1. The number of aromatic nitrogens is 2. The van der Waals surface area contributed by atoms with Crippen LogP contribution in [0.15, 0.2) is 46.0 Å². The predicted molar refractivity (Wildman–Crippen MR) is 113 cm³/mol. The fourth-order valence-electron chi connectivity index (χ4n) is 4.16. The van der Waals surface area contributed by atoms with E-state index in [0.717, 1.165) is 17.0 Å². The molecule has 1 aliphatic carbocycles. The zero-order chi connectivity index (χ0) is 20.1. The molecule has 0 spiro atoms. The average Bonchev–Trinajstić information content (AvgIpc) is 2.60. The van der Waals surface area contributed by atoms with Crippen molar-refractivity contribution < 1.29 is 4.79 Å². The molecule has 1 aliphatic heterocycles. The second kappa shape index (κ2) is 7.08. The Labute approximate surface area is 173 Å². The van der Waals surface area contributed by atoms with Crippen molar-refractivity contribution in [3.8, 4) is 0 Å². The molecule has 1 aromatic carbocycles. The summed E-state index contributed by atoms with van der Waals surface area (Å²) in [5, 5.41) is 4.50. The van der Waals surface area contributed by atoms with Gasteiger partial charge in [-0.1, -0.05) is 62.3 Å². The summed E-state index contributed by atoms with van der Waals surface area (Å²) < 4.78 is 0. The molecule has 0 unspecified atom stereocenters. The Morgan fingerprint density at radius 1 is 1.21 bits per heavy atom. The van der Waals surface area contributed by atoms with E-state index in [1.54, 1.807) is 12.1 Å². The molecule has 4 rings (SSSR count). The Balaban J connectivity index is 1.95. The highest BCUT2D eigenvalue weighted by atomic mass is 35.5. The van der Waals surface area contributed by atoms with Crippen LogP contribution in [0.4, 0.5) is 5.82 Å². The van der Waals surface area contributed by atoms with E-state index < -0.39 is 5.92 Å². The number of allylic oxidation sites excluding steroid dienone is 2. The topological polar surface area (TPSA) is 74.8 Å². The van der Waals surface area contributed by atoms with Gasteiger partial charge < -0.3 is 10.3 Å². The van der Waals surface area contributed by atoms with Gasteiger partial charge in [0, 0.05) is 23.1 Å². The molecule has 0 amide bonds. The Bertz CT molecular complexity index is 1030. The van der Waals surface area contributed by atoms with Crippen LogP contribution in [0.3, 0.4) is 0 Å². The number of anilines is 1. The fraction of sp³-hybridized carbons (Fsp3) is 0.381. The van der Waals surface area contributed by atoms with Crippen LogP contribution in [-0.4, -0.2) is 21.5 Å². The quantitative estimate of drug-likeness (QED) is 0.566. The summed E-state index contributed by atoms with van der Waals surface area (Å²) in [6.45, 7) is 6.10. The Hall–Kier alpha value is -2.05. The molecule has 0 radical (unpaired) electrons. The number of hydrogen-bond donors (Lipinski definition) is 2. The molecular formula is C21H22ClN3O2S. The van der Waals surface area contributed by atoms with Crippen molar-refractivity contribution in [2.45, 2.75) is 38.3 Å². The first-order valence-corrected chi connectivity index (χ1v) is 10.7. The van der Waals surface area contributed by atoms with Gasteiger partial charge in [-0.05, 0) is 28.9 Å². The number of halogens is 1. The van der Waals surface area contributed by atoms with Crippen LogP contribution >= 0.6 is 23.4 Å². The lowest BCUT2D eigenvalue weighted by Crippen LogP contribution is -2.41. The minimum atomic E-state index is -0.422. The first-order valence-electron chi connectivity index (χ1n) is 9.34. The monoisotopic (exact) mass is 415 g/mol. The second-order valence-electron chi connectivity index (χ2n) is 7.93. The third-order valence-electron chi connectivity index (χ3n) is 5.21. The SMILES string of the molecule is CCSc1nc2c(c(=O)[nH]1)[C@@H](c1ccc(Cl)cc1)[C@@H]1C(=O)CC(C)(C)C=C1N2. The Kier molecular flexibility index (Phi) is 4.88. The number of fused-ring (bicyclic) bond motifs is 2. The average molecular weight is 416 g/mol. The molecule has 2 aromatic rings. The molecule has 2 aliphatic rings. The van der Waals surface area contributed by atoms with Crippen LogP contribution in [-0.2, 0) is 4.79 Å². The molecular weight excluding hydrogens is 394 g/mol. The summed E-state index contributed by atoms with van der Waals surface area (Å²) in [6.07, 6.45) is 2.55. The molecule has 2 heterocycles. The number of carbonyl (C=O) groups is 1. The lowest BCUT2D eigenvalue weighted by molar-refractivity contribution is -0.124. The van der Waals surface area contributed by atoms with Gasteiger partial charge in [0.2, 0.25) is 0 Å². The molecule has 146 valence electrons. The molecule has 0 saturated carbocycles. The van der Waals surface area contributed by atoms with E-state index in [1.807, 2.05) is 32.9 Å². The summed E-state index contributed by atoms with van der Waals surface area (Å²) in [6, 6.07) is 7.37. The van der Waals surface area contributed by atoms with Crippen molar-refractivity contribution in [3.63, 3.8) is 0 Å². The van der Waals surface area contributed by atoms with Gasteiger partial charge in [0.05, 0.1) is 11.5 Å². The normalized spacial score (nSPS) is 22.7. The first-order chi connectivity index (χ1) is 13.3. The maximum absolute atomic E-state index is 13.1. The number of rotatable bonds is 3. The van der Waals surface area contributed by atoms with Crippen molar-refractivity contribution in [3.05, 3.63) is 62.5 Å². The Morgan fingerprint density at radius 3 is 2.61 bits per heavy atom. The number of carbonyl (C=O) groups excluding carboxylic acids is 1. The number of hydrogen-bond acceptors (Lipinski definition) is 5. The zero-order valence-electron chi connectivity index (χ0n) is 16.0. The second-order valence-corrected chi connectivity index (χ2v) is 9.62. The van der Waals surface area contributed by atoms with Crippen LogP contribution < -0.4 is 10.9 Å². The summed E-state index contributed by atoms with van der Waals surface area (Å²) in [7, 11) is 0. The maximum atomic E-state index is 13.1. The highest BCUT2D eigenvalue weighted by Gasteiger charge is 2.45. The van der Waals surface area contributed by atoms with Gasteiger partial charge in [0.25, 0.3) is 5.56 Å².